The zero-order valence-electron chi connectivity index (χ0n) is 18.4. The van der Waals surface area contributed by atoms with Gasteiger partial charge < -0.3 is 19.7 Å². The number of nitrogens with zero attached hydrogens (tertiary/aromatic N) is 3. The molecule has 1 aromatic heterocycles. The molecule has 162 valence electrons. The number of aryl methyl sites for hydroxylation is 1. The predicted molar refractivity (Wildman–Crippen MR) is 132 cm³/mol. The highest BCUT2D eigenvalue weighted by Gasteiger charge is 2.23. The first-order valence-corrected chi connectivity index (χ1v) is 10.3. The number of hydrogen-bond donors (Lipinski definition) is 1. The van der Waals surface area contributed by atoms with Gasteiger partial charge in [-0.1, -0.05) is 19.9 Å². The van der Waals surface area contributed by atoms with Crippen molar-refractivity contribution in [3.05, 3.63) is 39.8 Å². The van der Waals surface area contributed by atoms with Crippen LogP contribution < -0.4 is 14.8 Å². The van der Waals surface area contributed by atoms with Crippen LogP contribution in [-0.4, -0.2) is 50.2 Å². The third-order valence-electron chi connectivity index (χ3n) is 4.55. The minimum Gasteiger partial charge on any atom is -0.493 e. The molecule has 0 aliphatic carbocycles. The van der Waals surface area contributed by atoms with E-state index in [-0.39, 0.29) is 29.4 Å². The van der Waals surface area contributed by atoms with Crippen LogP contribution >= 0.6 is 35.3 Å². The third-order valence-corrected chi connectivity index (χ3v) is 5.37. The Balaban J connectivity index is 0.00000420. The molecule has 0 atom stereocenters. The Morgan fingerprint density at radius 3 is 2.48 bits per heavy atom. The van der Waals surface area contributed by atoms with Crippen molar-refractivity contribution < 1.29 is 9.47 Å². The number of nitrogens with one attached hydrogen (secondary N) is 1. The van der Waals surface area contributed by atoms with Gasteiger partial charge in [0.1, 0.15) is 0 Å². The molecule has 0 radical (unpaired) electrons. The van der Waals surface area contributed by atoms with Gasteiger partial charge in [0.15, 0.2) is 17.5 Å². The second kappa shape index (κ2) is 11.6. The van der Waals surface area contributed by atoms with Crippen molar-refractivity contribution >= 4 is 41.3 Å². The second-order valence-electron chi connectivity index (χ2n) is 7.34. The number of thiazole rings is 1. The van der Waals surface area contributed by atoms with Crippen LogP contribution in [0.5, 0.6) is 11.5 Å². The van der Waals surface area contributed by atoms with Gasteiger partial charge in [-0.25, -0.2) is 4.98 Å². The number of halogens is 1. The summed E-state index contributed by atoms with van der Waals surface area (Å²) in [6, 6.07) is 6.05. The van der Waals surface area contributed by atoms with Gasteiger partial charge in [-0.05, 0) is 31.5 Å². The molecule has 0 fully saturated rings. The minimum atomic E-state index is -0.154. The highest BCUT2D eigenvalue weighted by molar-refractivity contribution is 14.0. The fourth-order valence-corrected chi connectivity index (χ4v) is 3.49. The summed E-state index contributed by atoms with van der Waals surface area (Å²) in [4.78, 5) is 11.6. The second-order valence-corrected chi connectivity index (χ2v) is 8.40. The van der Waals surface area contributed by atoms with Crippen LogP contribution in [0.2, 0.25) is 0 Å². The van der Waals surface area contributed by atoms with Crippen molar-refractivity contribution in [2.75, 3.05) is 34.4 Å². The lowest BCUT2D eigenvalue weighted by atomic mass is 9.84. The molecule has 0 bridgehead atoms. The van der Waals surface area contributed by atoms with E-state index in [9.17, 15) is 0 Å². The molecule has 0 aliphatic heterocycles. The molecule has 2 rings (SSSR count). The monoisotopic (exact) mass is 532 g/mol. The van der Waals surface area contributed by atoms with E-state index in [1.165, 1.54) is 0 Å². The molecule has 8 heteroatoms. The Morgan fingerprint density at radius 1 is 1.24 bits per heavy atom. The fourth-order valence-electron chi connectivity index (χ4n) is 2.89. The van der Waals surface area contributed by atoms with Crippen molar-refractivity contribution in [1.82, 2.24) is 15.2 Å². The summed E-state index contributed by atoms with van der Waals surface area (Å²) in [5, 5.41) is 6.56. The highest BCUT2D eigenvalue weighted by Crippen LogP contribution is 2.33. The number of guanidine groups is 1. The van der Waals surface area contributed by atoms with Crippen molar-refractivity contribution in [2.45, 2.75) is 39.7 Å². The van der Waals surface area contributed by atoms with Crippen LogP contribution in [0.1, 0.15) is 37.0 Å². The molecule has 0 saturated heterocycles. The maximum absolute atomic E-state index is 5.46. The van der Waals surface area contributed by atoms with E-state index >= 15 is 0 Å². The maximum atomic E-state index is 5.46. The summed E-state index contributed by atoms with van der Waals surface area (Å²) in [5.41, 5.74) is 2.07. The molecule has 0 unspecified atom stereocenters. The van der Waals surface area contributed by atoms with Gasteiger partial charge in [-0.3, -0.25) is 4.99 Å². The van der Waals surface area contributed by atoms with Gasteiger partial charge in [-0.2, -0.15) is 0 Å². The zero-order valence-corrected chi connectivity index (χ0v) is 21.6. The average Bonchev–Trinajstić information content (AvgIpc) is 3.08. The smallest absolute Gasteiger partial charge is 0.194 e. The van der Waals surface area contributed by atoms with Crippen molar-refractivity contribution in [3.8, 4) is 11.5 Å². The van der Waals surface area contributed by atoms with Crippen LogP contribution in [0, 0.1) is 6.92 Å². The SMILES string of the molecule is CCNC(=NCC(C)(C)c1ccc(OC)c(OC)c1)N(C)Cc1csc(C)n1.I. The number of ether oxygens (including phenoxy) is 2. The molecule has 1 heterocycles. The molecule has 0 saturated carbocycles. The molecule has 0 aliphatic rings. The molecule has 0 amide bonds. The van der Waals surface area contributed by atoms with Gasteiger partial charge in [0.2, 0.25) is 0 Å². The third kappa shape index (κ3) is 7.02. The Kier molecular flexibility index (Phi) is 10.2. The normalized spacial score (nSPS) is 11.6. The summed E-state index contributed by atoms with van der Waals surface area (Å²) in [6.45, 7) is 10.7. The van der Waals surface area contributed by atoms with E-state index in [0.29, 0.717) is 6.54 Å². The number of hydrogen-bond acceptors (Lipinski definition) is 5. The number of benzene rings is 1. The van der Waals surface area contributed by atoms with E-state index in [1.807, 2.05) is 26.1 Å². The van der Waals surface area contributed by atoms with Crippen molar-refractivity contribution in [2.24, 2.45) is 4.99 Å². The summed E-state index contributed by atoms with van der Waals surface area (Å²) >= 11 is 1.67. The van der Waals surface area contributed by atoms with Crippen molar-refractivity contribution in [3.63, 3.8) is 0 Å². The van der Waals surface area contributed by atoms with E-state index < -0.39 is 0 Å². The number of aliphatic imine (C=N–C) groups is 1. The molecular weight excluding hydrogens is 499 g/mol. The number of aromatic nitrogens is 1. The Bertz CT molecular complexity index is 808. The van der Waals surface area contributed by atoms with Gasteiger partial charge in [0, 0.05) is 24.4 Å². The van der Waals surface area contributed by atoms with Crippen LogP contribution in [0.4, 0.5) is 0 Å². The lowest BCUT2D eigenvalue weighted by Crippen LogP contribution is -2.39. The van der Waals surface area contributed by atoms with Crippen LogP contribution in [0.15, 0.2) is 28.6 Å². The van der Waals surface area contributed by atoms with Gasteiger partial charge in [0.05, 0.1) is 38.0 Å². The molecular formula is C21H33IN4O2S. The van der Waals surface area contributed by atoms with Crippen LogP contribution in [-0.2, 0) is 12.0 Å². The van der Waals surface area contributed by atoms with E-state index in [4.69, 9.17) is 14.5 Å². The highest BCUT2D eigenvalue weighted by atomic mass is 127. The van der Waals surface area contributed by atoms with E-state index in [1.54, 1.807) is 25.6 Å². The van der Waals surface area contributed by atoms with Crippen LogP contribution in [0.3, 0.4) is 0 Å². The summed E-state index contributed by atoms with van der Waals surface area (Å²) in [7, 11) is 5.35. The van der Waals surface area contributed by atoms with Crippen molar-refractivity contribution in [1.29, 1.82) is 0 Å². The maximum Gasteiger partial charge on any atom is 0.194 e. The fraction of sp³-hybridized carbons (Fsp3) is 0.524. The zero-order chi connectivity index (χ0) is 20.7. The van der Waals surface area contributed by atoms with E-state index in [0.717, 1.165) is 46.8 Å². The Labute approximate surface area is 195 Å². The first kappa shape index (κ1) is 25.5. The standard InChI is InChI=1S/C21H32N4O2S.HI/c1-8-22-20(25(5)12-17-13-28-15(2)24-17)23-14-21(3,4)16-9-10-18(26-6)19(11-16)27-7;/h9-11,13H,8,12,14H2,1-7H3,(H,22,23);1H. The van der Waals surface area contributed by atoms with Gasteiger partial charge in [-0.15, -0.1) is 35.3 Å². The van der Waals surface area contributed by atoms with Gasteiger partial charge >= 0.3 is 0 Å². The molecule has 6 nitrogen and oxygen atoms in total. The largest absolute Gasteiger partial charge is 0.493 e. The minimum absolute atomic E-state index is 0. The van der Waals surface area contributed by atoms with E-state index in [2.05, 4.69) is 47.4 Å². The quantitative estimate of drug-likeness (QED) is 0.309. The lowest BCUT2D eigenvalue weighted by molar-refractivity contribution is 0.353. The van der Waals surface area contributed by atoms with Crippen LogP contribution in [0.25, 0.3) is 0 Å². The summed E-state index contributed by atoms with van der Waals surface area (Å²) in [5.74, 6) is 2.35. The molecule has 29 heavy (non-hydrogen) atoms. The summed E-state index contributed by atoms with van der Waals surface area (Å²) < 4.78 is 10.8. The van der Waals surface area contributed by atoms with Gasteiger partial charge in [0.25, 0.3) is 0 Å². The number of rotatable bonds is 8. The first-order valence-electron chi connectivity index (χ1n) is 9.43. The molecule has 1 N–H and O–H groups in total. The molecule has 1 aromatic carbocycles. The Hall–Kier alpha value is -1.55. The Morgan fingerprint density at radius 2 is 1.93 bits per heavy atom. The first-order chi connectivity index (χ1) is 13.3. The topological polar surface area (TPSA) is 59.0 Å². The number of methoxy groups -OCH3 is 2. The predicted octanol–water partition coefficient (Wildman–Crippen LogP) is 4.46. The molecule has 2 aromatic rings. The average molecular weight is 532 g/mol. The summed E-state index contributed by atoms with van der Waals surface area (Å²) in [6.07, 6.45) is 0. The lowest BCUT2D eigenvalue weighted by Gasteiger charge is -2.27. The molecule has 0 spiro atoms.